The Kier molecular flexibility index (Phi) is 4.05. The van der Waals surface area contributed by atoms with Crippen LogP contribution in [0.4, 0.5) is 5.69 Å². The monoisotopic (exact) mass is 338 g/mol. The summed E-state index contributed by atoms with van der Waals surface area (Å²) in [4.78, 5) is 14.9. The topological polar surface area (TPSA) is 63.3 Å². The van der Waals surface area contributed by atoms with Crippen LogP contribution in [-0.2, 0) is 4.74 Å². The number of pyridine rings is 1. The first-order chi connectivity index (χ1) is 12.2. The lowest BCUT2D eigenvalue weighted by Crippen LogP contribution is -2.36. The van der Waals surface area contributed by atoms with Crippen LogP contribution in [-0.4, -0.2) is 48.4 Å². The lowest BCUT2D eigenvalue weighted by atomic mass is 10.1. The van der Waals surface area contributed by atoms with E-state index in [9.17, 15) is 0 Å². The smallest absolute Gasteiger partial charge is 0.224 e. The molecular formula is C19H22N4O2. The fourth-order valence-corrected chi connectivity index (χ4v) is 3.37. The van der Waals surface area contributed by atoms with E-state index in [1.165, 1.54) is 5.69 Å². The lowest BCUT2D eigenvalue weighted by molar-refractivity contribution is 0.122. The molecule has 0 bridgehead atoms. The van der Waals surface area contributed by atoms with Crippen molar-refractivity contribution in [1.29, 1.82) is 0 Å². The van der Waals surface area contributed by atoms with E-state index in [1.54, 1.807) is 13.3 Å². The van der Waals surface area contributed by atoms with Crippen LogP contribution in [0.25, 0.3) is 22.4 Å². The van der Waals surface area contributed by atoms with Gasteiger partial charge in [-0.1, -0.05) is 0 Å². The number of morpholine rings is 1. The number of nitrogens with zero attached hydrogens (tertiary/aromatic N) is 3. The molecule has 1 N–H and O–H groups in total. The second kappa shape index (κ2) is 6.37. The number of aromatic nitrogens is 3. The minimum atomic E-state index is 0.588. The molecule has 130 valence electrons. The largest absolute Gasteiger partial charge is 0.480 e. The molecule has 3 aromatic rings. The summed E-state index contributed by atoms with van der Waals surface area (Å²) < 4.78 is 10.9. The molecule has 1 fully saturated rings. The van der Waals surface area contributed by atoms with Crippen molar-refractivity contribution in [3.05, 3.63) is 35.5 Å². The Morgan fingerprint density at radius 2 is 1.96 bits per heavy atom. The van der Waals surface area contributed by atoms with Gasteiger partial charge in [-0.3, -0.25) is 0 Å². The van der Waals surface area contributed by atoms with Gasteiger partial charge in [-0.15, -0.1) is 0 Å². The number of H-pyrrole nitrogens is 1. The van der Waals surface area contributed by atoms with Crippen molar-refractivity contribution >= 4 is 16.7 Å². The zero-order valence-corrected chi connectivity index (χ0v) is 14.8. The minimum absolute atomic E-state index is 0.588. The SMILES string of the molecule is COc1nccc(C)c1-c1nc2c(C)cc(N3CCOCC3)cc2[nH]1. The molecule has 1 aromatic carbocycles. The highest BCUT2D eigenvalue weighted by Gasteiger charge is 2.18. The molecule has 2 aromatic heterocycles. The molecule has 0 spiro atoms. The first-order valence-electron chi connectivity index (χ1n) is 8.50. The first-order valence-corrected chi connectivity index (χ1v) is 8.50. The normalized spacial score (nSPS) is 14.9. The highest BCUT2D eigenvalue weighted by Crippen LogP contribution is 2.33. The van der Waals surface area contributed by atoms with Crippen molar-refractivity contribution in [1.82, 2.24) is 15.0 Å². The molecule has 1 aliphatic rings. The maximum atomic E-state index is 5.46. The van der Waals surface area contributed by atoms with Gasteiger partial charge in [-0.25, -0.2) is 9.97 Å². The third-order valence-electron chi connectivity index (χ3n) is 4.69. The molecule has 4 rings (SSSR count). The Hall–Kier alpha value is -2.60. The van der Waals surface area contributed by atoms with Gasteiger partial charge in [0.05, 0.1) is 36.9 Å². The van der Waals surface area contributed by atoms with Gasteiger partial charge < -0.3 is 19.4 Å². The summed E-state index contributed by atoms with van der Waals surface area (Å²) in [5.41, 5.74) is 6.37. The number of ether oxygens (including phenoxy) is 2. The van der Waals surface area contributed by atoms with E-state index in [0.717, 1.165) is 59.9 Å². The van der Waals surface area contributed by atoms with Crippen LogP contribution >= 0.6 is 0 Å². The number of nitrogens with one attached hydrogen (secondary N) is 1. The molecule has 0 radical (unpaired) electrons. The van der Waals surface area contributed by atoms with Gasteiger partial charge in [0, 0.05) is 25.0 Å². The van der Waals surface area contributed by atoms with Gasteiger partial charge in [0.25, 0.3) is 0 Å². The van der Waals surface area contributed by atoms with Crippen molar-refractivity contribution in [3.8, 4) is 17.3 Å². The van der Waals surface area contributed by atoms with Crippen molar-refractivity contribution in [2.45, 2.75) is 13.8 Å². The Morgan fingerprint density at radius 3 is 2.72 bits per heavy atom. The summed E-state index contributed by atoms with van der Waals surface area (Å²) in [7, 11) is 1.63. The van der Waals surface area contributed by atoms with E-state index in [4.69, 9.17) is 14.5 Å². The summed E-state index contributed by atoms with van der Waals surface area (Å²) in [5, 5.41) is 0. The van der Waals surface area contributed by atoms with Crippen LogP contribution in [0.15, 0.2) is 24.4 Å². The van der Waals surface area contributed by atoms with Gasteiger partial charge in [-0.2, -0.15) is 0 Å². The molecule has 1 saturated heterocycles. The number of hydrogen-bond acceptors (Lipinski definition) is 5. The predicted octanol–water partition coefficient (Wildman–Crippen LogP) is 3.09. The Bertz CT molecular complexity index is 913. The van der Waals surface area contributed by atoms with Gasteiger partial charge in [-0.05, 0) is 43.2 Å². The second-order valence-corrected chi connectivity index (χ2v) is 6.36. The van der Waals surface area contributed by atoms with E-state index < -0.39 is 0 Å². The number of aromatic amines is 1. The van der Waals surface area contributed by atoms with Gasteiger partial charge in [0.15, 0.2) is 0 Å². The molecule has 1 aliphatic heterocycles. The van der Waals surface area contributed by atoms with Crippen molar-refractivity contribution < 1.29 is 9.47 Å². The molecule has 0 aliphatic carbocycles. The van der Waals surface area contributed by atoms with Crippen LogP contribution < -0.4 is 9.64 Å². The average Bonchev–Trinajstić information content (AvgIpc) is 3.06. The van der Waals surface area contributed by atoms with Crippen LogP contribution in [0.5, 0.6) is 5.88 Å². The summed E-state index contributed by atoms with van der Waals surface area (Å²) in [6, 6.07) is 6.34. The van der Waals surface area contributed by atoms with Crippen LogP contribution in [0.2, 0.25) is 0 Å². The quantitative estimate of drug-likeness (QED) is 0.795. The zero-order chi connectivity index (χ0) is 17.4. The first kappa shape index (κ1) is 15.9. The summed E-state index contributed by atoms with van der Waals surface area (Å²) >= 11 is 0. The fourth-order valence-electron chi connectivity index (χ4n) is 3.37. The molecule has 0 unspecified atom stereocenters. The molecule has 6 heteroatoms. The fraction of sp³-hybridized carbons (Fsp3) is 0.368. The van der Waals surface area contributed by atoms with Gasteiger partial charge >= 0.3 is 0 Å². The summed E-state index contributed by atoms with van der Waals surface area (Å²) in [6.45, 7) is 7.53. The van der Waals surface area contributed by atoms with E-state index in [0.29, 0.717) is 5.88 Å². The van der Waals surface area contributed by atoms with E-state index in [-0.39, 0.29) is 0 Å². The number of rotatable bonds is 3. The number of benzene rings is 1. The standard InChI is InChI=1S/C19H22N4O2/c1-12-4-5-20-19(24-3)16(12)18-21-15-11-14(10-13(2)17(15)22-18)23-6-8-25-9-7-23/h4-5,10-11H,6-9H2,1-3H3,(H,21,22). The number of fused-ring (bicyclic) bond motifs is 1. The van der Waals surface area contributed by atoms with Gasteiger partial charge in [0.1, 0.15) is 5.82 Å². The molecule has 0 saturated carbocycles. The highest BCUT2D eigenvalue weighted by atomic mass is 16.5. The maximum absolute atomic E-state index is 5.46. The summed E-state index contributed by atoms with van der Waals surface area (Å²) in [5.74, 6) is 1.38. The van der Waals surface area contributed by atoms with E-state index >= 15 is 0 Å². The molecular weight excluding hydrogens is 316 g/mol. The molecule has 25 heavy (non-hydrogen) atoms. The third kappa shape index (κ3) is 2.82. The van der Waals surface area contributed by atoms with Gasteiger partial charge in [0.2, 0.25) is 5.88 Å². The van der Waals surface area contributed by atoms with Crippen molar-refractivity contribution in [2.75, 3.05) is 38.3 Å². The highest BCUT2D eigenvalue weighted by molar-refractivity contribution is 5.86. The third-order valence-corrected chi connectivity index (χ3v) is 4.69. The van der Waals surface area contributed by atoms with Crippen LogP contribution in [0.1, 0.15) is 11.1 Å². The van der Waals surface area contributed by atoms with Crippen LogP contribution in [0, 0.1) is 13.8 Å². The minimum Gasteiger partial charge on any atom is -0.480 e. The second-order valence-electron chi connectivity index (χ2n) is 6.36. The number of anilines is 1. The Morgan fingerprint density at radius 1 is 1.16 bits per heavy atom. The molecule has 6 nitrogen and oxygen atoms in total. The molecule has 3 heterocycles. The molecule has 0 amide bonds. The van der Waals surface area contributed by atoms with E-state index in [2.05, 4.69) is 33.9 Å². The average molecular weight is 338 g/mol. The lowest BCUT2D eigenvalue weighted by Gasteiger charge is -2.29. The number of hydrogen-bond donors (Lipinski definition) is 1. The Labute approximate surface area is 146 Å². The van der Waals surface area contributed by atoms with Crippen molar-refractivity contribution in [2.24, 2.45) is 0 Å². The van der Waals surface area contributed by atoms with Crippen molar-refractivity contribution in [3.63, 3.8) is 0 Å². The van der Waals surface area contributed by atoms with Crippen LogP contribution in [0.3, 0.4) is 0 Å². The number of imidazole rings is 1. The maximum Gasteiger partial charge on any atom is 0.224 e. The number of aryl methyl sites for hydroxylation is 2. The predicted molar refractivity (Wildman–Crippen MR) is 98.4 cm³/mol. The Balaban J connectivity index is 1.82. The molecule has 0 atom stereocenters. The zero-order valence-electron chi connectivity index (χ0n) is 14.8. The summed E-state index contributed by atoms with van der Waals surface area (Å²) in [6.07, 6.45) is 1.75. The van der Waals surface area contributed by atoms with E-state index in [1.807, 2.05) is 13.0 Å². The number of methoxy groups -OCH3 is 1.